The van der Waals surface area contributed by atoms with Crippen molar-refractivity contribution in [3.05, 3.63) is 72.2 Å². The van der Waals surface area contributed by atoms with Gasteiger partial charge in [-0.1, -0.05) is 12.1 Å². The van der Waals surface area contributed by atoms with Crippen molar-refractivity contribution in [1.29, 1.82) is 0 Å². The number of carbonyl (C=O) groups excluding carboxylic acids is 1. The van der Waals surface area contributed by atoms with E-state index in [1.165, 1.54) is 12.1 Å². The summed E-state index contributed by atoms with van der Waals surface area (Å²) >= 11 is 0. The largest absolute Gasteiger partial charge is 0.497 e. The fourth-order valence-electron chi connectivity index (χ4n) is 2.63. The highest BCUT2D eigenvalue weighted by Crippen LogP contribution is 2.31. The van der Waals surface area contributed by atoms with Crippen LogP contribution in [0.5, 0.6) is 11.5 Å². The molecule has 144 valence electrons. The van der Waals surface area contributed by atoms with Gasteiger partial charge in [0.25, 0.3) is 0 Å². The highest BCUT2D eigenvalue weighted by molar-refractivity contribution is 5.92. The standard InChI is InChI=1S/C21H20FN3O3/c1-27-17-7-8-19(28-2)18(12-17)25-20-9-6-16(13-23-20)24-21(26)11-14-4-3-5-15(22)10-14/h3-10,12-13H,11H2,1-2H3,(H,23,25)(H,24,26). The second kappa shape index (κ2) is 8.85. The molecule has 0 spiro atoms. The summed E-state index contributed by atoms with van der Waals surface area (Å²) in [6.45, 7) is 0. The quantitative estimate of drug-likeness (QED) is 0.643. The molecule has 1 aromatic heterocycles. The van der Waals surface area contributed by atoms with Crippen molar-refractivity contribution in [2.45, 2.75) is 6.42 Å². The molecule has 2 N–H and O–H groups in total. The molecule has 0 fully saturated rings. The van der Waals surface area contributed by atoms with E-state index in [0.29, 0.717) is 34.3 Å². The highest BCUT2D eigenvalue weighted by atomic mass is 19.1. The normalized spacial score (nSPS) is 10.2. The van der Waals surface area contributed by atoms with Gasteiger partial charge in [-0.25, -0.2) is 9.37 Å². The maximum absolute atomic E-state index is 13.2. The van der Waals surface area contributed by atoms with E-state index in [2.05, 4.69) is 15.6 Å². The van der Waals surface area contributed by atoms with E-state index < -0.39 is 0 Å². The Labute approximate surface area is 162 Å². The molecule has 3 rings (SSSR count). The van der Waals surface area contributed by atoms with Crippen molar-refractivity contribution < 1.29 is 18.7 Å². The molecule has 1 amide bonds. The number of nitrogens with one attached hydrogen (secondary N) is 2. The maximum Gasteiger partial charge on any atom is 0.228 e. The summed E-state index contributed by atoms with van der Waals surface area (Å²) < 4.78 is 23.8. The van der Waals surface area contributed by atoms with E-state index in [-0.39, 0.29) is 18.1 Å². The van der Waals surface area contributed by atoms with Crippen molar-refractivity contribution in [2.24, 2.45) is 0 Å². The maximum atomic E-state index is 13.2. The summed E-state index contributed by atoms with van der Waals surface area (Å²) in [6.07, 6.45) is 1.62. The summed E-state index contributed by atoms with van der Waals surface area (Å²) in [6, 6.07) is 14.8. The number of hydrogen-bond acceptors (Lipinski definition) is 5. The molecule has 7 heteroatoms. The fraction of sp³-hybridized carbons (Fsp3) is 0.143. The molecule has 0 radical (unpaired) electrons. The van der Waals surface area contributed by atoms with Crippen molar-refractivity contribution in [2.75, 3.05) is 24.9 Å². The molecule has 28 heavy (non-hydrogen) atoms. The Morgan fingerprint density at radius 2 is 1.93 bits per heavy atom. The van der Waals surface area contributed by atoms with Crippen LogP contribution in [0.4, 0.5) is 21.6 Å². The van der Waals surface area contributed by atoms with Gasteiger partial charge in [0.2, 0.25) is 5.91 Å². The molecule has 0 aliphatic rings. The number of nitrogens with zero attached hydrogens (tertiary/aromatic N) is 1. The lowest BCUT2D eigenvalue weighted by Crippen LogP contribution is -2.14. The van der Waals surface area contributed by atoms with Gasteiger partial charge < -0.3 is 20.1 Å². The van der Waals surface area contributed by atoms with Crippen molar-refractivity contribution in [1.82, 2.24) is 4.98 Å². The predicted molar refractivity (Wildman–Crippen MR) is 106 cm³/mol. The number of methoxy groups -OCH3 is 2. The summed E-state index contributed by atoms with van der Waals surface area (Å²) in [7, 11) is 3.17. The molecule has 0 aliphatic carbocycles. The number of anilines is 3. The van der Waals surface area contributed by atoms with Gasteiger partial charge in [-0.15, -0.1) is 0 Å². The number of rotatable bonds is 7. The number of benzene rings is 2. The number of aromatic nitrogens is 1. The Kier molecular flexibility index (Phi) is 6.06. The monoisotopic (exact) mass is 381 g/mol. The van der Waals surface area contributed by atoms with Gasteiger partial charge in [-0.05, 0) is 42.0 Å². The molecule has 0 saturated carbocycles. The summed E-state index contributed by atoms with van der Waals surface area (Å²) in [5, 5.41) is 5.90. The number of halogens is 1. The van der Waals surface area contributed by atoms with Crippen LogP contribution >= 0.6 is 0 Å². The Morgan fingerprint density at radius 3 is 2.61 bits per heavy atom. The highest BCUT2D eigenvalue weighted by Gasteiger charge is 2.08. The zero-order valence-electron chi connectivity index (χ0n) is 15.5. The van der Waals surface area contributed by atoms with Crippen LogP contribution in [0, 0.1) is 5.82 Å². The lowest BCUT2D eigenvalue weighted by atomic mass is 10.1. The Balaban J connectivity index is 1.64. The zero-order chi connectivity index (χ0) is 19.9. The van der Waals surface area contributed by atoms with Gasteiger partial charge in [0, 0.05) is 6.07 Å². The van der Waals surface area contributed by atoms with Crippen molar-refractivity contribution >= 4 is 23.1 Å². The van der Waals surface area contributed by atoms with E-state index in [9.17, 15) is 9.18 Å². The van der Waals surface area contributed by atoms with Crippen LogP contribution in [0.15, 0.2) is 60.8 Å². The smallest absolute Gasteiger partial charge is 0.228 e. The topological polar surface area (TPSA) is 72.5 Å². The lowest BCUT2D eigenvalue weighted by molar-refractivity contribution is -0.115. The zero-order valence-corrected chi connectivity index (χ0v) is 15.5. The average molecular weight is 381 g/mol. The number of carbonyl (C=O) groups is 1. The number of hydrogen-bond donors (Lipinski definition) is 2. The molecule has 1 heterocycles. The first-order valence-corrected chi connectivity index (χ1v) is 8.57. The van der Waals surface area contributed by atoms with Gasteiger partial charge in [0.15, 0.2) is 0 Å². The van der Waals surface area contributed by atoms with E-state index >= 15 is 0 Å². The van der Waals surface area contributed by atoms with Gasteiger partial charge in [-0.2, -0.15) is 0 Å². The molecule has 3 aromatic rings. The molecule has 0 aliphatic heterocycles. The molecule has 0 atom stereocenters. The fourth-order valence-corrected chi connectivity index (χ4v) is 2.63. The van der Waals surface area contributed by atoms with Gasteiger partial charge >= 0.3 is 0 Å². The third-order valence-corrected chi connectivity index (χ3v) is 3.97. The SMILES string of the molecule is COc1ccc(OC)c(Nc2ccc(NC(=O)Cc3cccc(F)c3)cn2)c1. The average Bonchev–Trinajstić information content (AvgIpc) is 2.69. The van der Waals surface area contributed by atoms with Gasteiger partial charge in [0.1, 0.15) is 23.1 Å². The third kappa shape index (κ3) is 4.97. The molecule has 2 aromatic carbocycles. The van der Waals surface area contributed by atoms with Crippen LogP contribution in [0.2, 0.25) is 0 Å². The van der Waals surface area contributed by atoms with Crippen LogP contribution in [-0.2, 0) is 11.2 Å². The summed E-state index contributed by atoms with van der Waals surface area (Å²) in [5.41, 5.74) is 1.86. The molecular weight excluding hydrogens is 361 g/mol. The van der Waals surface area contributed by atoms with Crippen molar-refractivity contribution in [3.8, 4) is 11.5 Å². The van der Waals surface area contributed by atoms with E-state index in [0.717, 1.165) is 0 Å². The molecule has 0 bridgehead atoms. The van der Waals surface area contributed by atoms with E-state index in [1.807, 2.05) is 0 Å². The molecule has 6 nitrogen and oxygen atoms in total. The number of pyridine rings is 1. The minimum atomic E-state index is -0.365. The first kappa shape index (κ1) is 19.2. The second-order valence-corrected chi connectivity index (χ2v) is 5.98. The van der Waals surface area contributed by atoms with Crippen LogP contribution in [0.3, 0.4) is 0 Å². The van der Waals surface area contributed by atoms with Crippen LogP contribution in [0.25, 0.3) is 0 Å². The second-order valence-electron chi connectivity index (χ2n) is 5.98. The Bertz CT molecular complexity index is 961. The van der Waals surface area contributed by atoms with Crippen LogP contribution < -0.4 is 20.1 Å². The minimum Gasteiger partial charge on any atom is -0.497 e. The Hall–Kier alpha value is -3.61. The number of amides is 1. The van der Waals surface area contributed by atoms with E-state index in [4.69, 9.17) is 9.47 Å². The summed E-state index contributed by atoms with van der Waals surface area (Å²) in [4.78, 5) is 16.4. The van der Waals surface area contributed by atoms with Crippen molar-refractivity contribution in [3.63, 3.8) is 0 Å². The van der Waals surface area contributed by atoms with Crippen LogP contribution in [0.1, 0.15) is 5.56 Å². The summed E-state index contributed by atoms with van der Waals surface area (Å²) in [5.74, 6) is 1.30. The van der Waals surface area contributed by atoms with Gasteiger partial charge in [0.05, 0.1) is 38.2 Å². The predicted octanol–water partition coefficient (Wildman–Crippen LogP) is 4.16. The first-order valence-electron chi connectivity index (χ1n) is 8.57. The third-order valence-electron chi connectivity index (χ3n) is 3.97. The molecular formula is C21H20FN3O3. The lowest BCUT2D eigenvalue weighted by Gasteiger charge is -2.12. The Morgan fingerprint density at radius 1 is 1.07 bits per heavy atom. The van der Waals surface area contributed by atoms with Crippen LogP contribution in [-0.4, -0.2) is 25.1 Å². The van der Waals surface area contributed by atoms with E-state index in [1.54, 1.807) is 62.9 Å². The number of ether oxygens (including phenoxy) is 2. The molecule has 0 unspecified atom stereocenters. The first-order chi connectivity index (χ1) is 13.6. The van der Waals surface area contributed by atoms with Gasteiger partial charge in [-0.3, -0.25) is 4.79 Å². The minimum absolute atomic E-state index is 0.0821. The molecule has 0 saturated heterocycles.